The first-order valence-corrected chi connectivity index (χ1v) is 26.2. The molecule has 0 N–H and O–H groups in total. The summed E-state index contributed by atoms with van der Waals surface area (Å²) >= 11 is 0. The molecule has 0 unspecified atom stereocenters. The van der Waals surface area contributed by atoms with Gasteiger partial charge in [0, 0.05) is 19.3 Å². The molecule has 0 saturated heterocycles. The lowest BCUT2D eigenvalue weighted by atomic mass is 10.0. The van der Waals surface area contributed by atoms with E-state index in [0.29, 0.717) is 19.3 Å². The molecule has 350 valence electrons. The second-order valence-electron chi connectivity index (χ2n) is 19.1. The third kappa shape index (κ3) is 47.3. The Morgan fingerprint density at radius 1 is 0.322 bits per heavy atom. The Morgan fingerprint density at radius 3 is 0.831 bits per heavy atom. The van der Waals surface area contributed by atoms with E-state index in [2.05, 4.69) is 34.6 Å². The summed E-state index contributed by atoms with van der Waals surface area (Å²) in [6.45, 7) is 11.4. The maximum atomic E-state index is 12.8. The van der Waals surface area contributed by atoms with Crippen LogP contribution in [0.4, 0.5) is 0 Å². The summed E-state index contributed by atoms with van der Waals surface area (Å²) in [5, 5.41) is 0. The highest BCUT2D eigenvalue weighted by Gasteiger charge is 2.19. The van der Waals surface area contributed by atoms with Gasteiger partial charge in [0.05, 0.1) is 0 Å². The van der Waals surface area contributed by atoms with Gasteiger partial charge in [-0.05, 0) is 31.1 Å². The molecule has 0 saturated carbocycles. The van der Waals surface area contributed by atoms with E-state index in [9.17, 15) is 14.4 Å². The van der Waals surface area contributed by atoms with Crippen LogP contribution in [0.3, 0.4) is 0 Å². The van der Waals surface area contributed by atoms with Gasteiger partial charge in [-0.2, -0.15) is 0 Å². The van der Waals surface area contributed by atoms with Crippen LogP contribution in [-0.4, -0.2) is 37.2 Å². The van der Waals surface area contributed by atoms with E-state index in [1.54, 1.807) is 0 Å². The molecule has 0 aliphatic heterocycles. The molecule has 0 heterocycles. The SMILES string of the molecule is CCCCCCCCCCCCCCCCC(=O)O[C@H](COC(=O)CCCCCCCCCCCCCC(C)C)COC(=O)CCCCCCCCCCCCC(C)C. The Kier molecular flexibility index (Phi) is 44.7. The van der Waals surface area contributed by atoms with E-state index in [1.807, 2.05) is 0 Å². The molecule has 0 aromatic heterocycles. The molecule has 59 heavy (non-hydrogen) atoms. The van der Waals surface area contributed by atoms with Gasteiger partial charge in [-0.3, -0.25) is 14.4 Å². The van der Waals surface area contributed by atoms with Crippen LogP contribution in [0.5, 0.6) is 0 Å². The molecule has 6 nitrogen and oxygen atoms in total. The van der Waals surface area contributed by atoms with Crippen molar-refractivity contribution in [2.24, 2.45) is 11.8 Å². The summed E-state index contributed by atoms with van der Waals surface area (Å²) in [4.78, 5) is 38.0. The number of ether oxygens (including phenoxy) is 3. The van der Waals surface area contributed by atoms with E-state index >= 15 is 0 Å². The second-order valence-corrected chi connectivity index (χ2v) is 19.1. The van der Waals surface area contributed by atoms with Crippen LogP contribution in [0.15, 0.2) is 0 Å². The number of esters is 3. The monoisotopic (exact) mass is 835 g/mol. The fourth-order valence-electron chi connectivity index (χ4n) is 7.99. The maximum absolute atomic E-state index is 12.8. The van der Waals surface area contributed by atoms with Gasteiger partial charge in [0.25, 0.3) is 0 Å². The first kappa shape index (κ1) is 57.4. The molecule has 0 aliphatic rings. The van der Waals surface area contributed by atoms with Gasteiger partial charge in [-0.25, -0.2) is 0 Å². The number of hydrogen-bond donors (Lipinski definition) is 0. The molecular formula is C53H102O6. The van der Waals surface area contributed by atoms with Gasteiger partial charge >= 0.3 is 17.9 Å². The van der Waals surface area contributed by atoms with E-state index in [4.69, 9.17) is 14.2 Å². The summed E-state index contributed by atoms with van der Waals surface area (Å²) in [7, 11) is 0. The predicted octanol–water partition coefficient (Wildman–Crippen LogP) is 16.9. The smallest absolute Gasteiger partial charge is 0.306 e. The first-order valence-electron chi connectivity index (χ1n) is 26.2. The van der Waals surface area contributed by atoms with Crippen molar-refractivity contribution in [3.8, 4) is 0 Å². The minimum atomic E-state index is -0.761. The molecule has 1 atom stereocenters. The molecule has 0 bridgehead atoms. The standard InChI is InChI=1S/C53H102O6/c1-6-7-8-9-10-11-12-13-14-17-25-30-35-40-45-53(56)59-50(47-58-52(55)44-39-34-29-24-20-19-22-27-32-37-42-49(4)5)46-57-51(54)43-38-33-28-23-18-15-16-21-26-31-36-41-48(2)3/h48-50H,6-47H2,1-5H3/t50-/m1/s1. The minimum Gasteiger partial charge on any atom is -0.462 e. The van der Waals surface area contributed by atoms with Crippen LogP contribution in [0, 0.1) is 11.8 Å². The van der Waals surface area contributed by atoms with Crippen LogP contribution in [-0.2, 0) is 28.6 Å². The van der Waals surface area contributed by atoms with E-state index in [1.165, 1.54) is 180 Å². The lowest BCUT2D eigenvalue weighted by Crippen LogP contribution is -2.30. The zero-order chi connectivity index (χ0) is 43.3. The molecule has 0 rings (SSSR count). The van der Waals surface area contributed by atoms with Gasteiger partial charge in [0.1, 0.15) is 13.2 Å². The summed E-state index contributed by atoms with van der Waals surface area (Å²) in [6.07, 6.45) is 46.6. The Hall–Kier alpha value is -1.59. The highest BCUT2D eigenvalue weighted by atomic mass is 16.6. The highest BCUT2D eigenvalue weighted by Crippen LogP contribution is 2.17. The minimum absolute atomic E-state index is 0.0637. The zero-order valence-corrected chi connectivity index (χ0v) is 40.4. The van der Waals surface area contributed by atoms with Crippen LogP contribution >= 0.6 is 0 Å². The first-order chi connectivity index (χ1) is 28.7. The van der Waals surface area contributed by atoms with E-state index in [-0.39, 0.29) is 31.1 Å². The molecule has 0 spiro atoms. The third-order valence-electron chi connectivity index (χ3n) is 12.0. The van der Waals surface area contributed by atoms with Crippen molar-refractivity contribution in [1.82, 2.24) is 0 Å². The maximum Gasteiger partial charge on any atom is 0.306 e. The molecule has 0 radical (unpaired) electrons. The van der Waals surface area contributed by atoms with Crippen LogP contribution in [0.1, 0.15) is 291 Å². The van der Waals surface area contributed by atoms with Crippen LogP contribution in [0.2, 0.25) is 0 Å². The van der Waals surface area contributed by atoms with Crippen molar-refractivity contribution in [2.45, 2.75) is 298 Å². The average molecular weight is 835 g/mol. The molecule has 6 heteroatoms. The van der Waals surface area contributed by atoms with Crippen molar-refractivity contribution in [2.75, 3.05) is 13.2 Å². The predicted molar refractivity (Wildman–Crippen MR) is 252 cm³/mol. The van der Waals surface area contributed by atoms with Crippen molar-refractivity contribution in [3.05, 3.63) is 0 Å². The van der Waals surface area contributed by atoms with Crippen LogP contribution in [0.25, 0.3) is 0 Å². The van der Waals surface area contributed by atoms with E-state index in [0.717, 1.165) is 69.6 Å². The van der Waals surface area contributed by atoms with Gasteiger partial charge in [0.2, 0.25) is 0 Å². The zero-order valence-electron chi connectivity index (χ0n) is 40.4. The van der Waals surface area contributed by atoms with Crippen molar-refractivity contribution in [1.29, 1.82) is 0 Å². The molecule has 0 fully saturated rings. The Balaban J connectivity index is 4.32. The number of rotatable bonds is 47. The van der Waals surface area contributed by atoms with Gasteiger partial charge in [-0.1, -0.05) is 253 Å². The normalized spacial score (nSPS) is 12.1. The fourth-order valence-corrected chi connectivity index (χ4v) is 7.99. The number of unbranched alkanes of at least 4 members (excludes halogenated alkanes) is 32. The van der Waals surface area contributed by atoms with Gasteiger partial charge in [-0.15, -0.1) is 0 Å². The second kappa shape index (κ2) is 45.9. The number of carbonyl (C=O) groups excluding carboxylic acids is 3. The molecule has 0 amide bonds. The van der Waals surface area contributed by atoms with Crippen molar-refractivity contribution >= 4 is 17.9 Å². The third-order valence-corrected chi connectivity index (χ3v) is 12.0. The van der Waals surface area contributed by atoms with Crippen LogP contribution < -0.4 is 0 Å². The Labute approximate surface area is 368 Å². The van der Waals surface area contributed by atoms with E-state index < -0.39 is 6.10 Å². The molecular weight excluding hydrogens is 733 g/mol. The summed E-state index contributed by atoms with van der Waals surface area (Å²) in [6, 6.07) is 0. The number of hydrogen-bond acceptors (Lipinski definition) is 6. The Bertz CT molecular complexity index is 900. The quantitative estimate of drug-likeness (QED) is 0.0345. The lowest BCUT2D eigenvalue weighted by Gasteiger charge is -2.18. The van der Waals surface area contributed by atoms with Gasteiger partial charge < -0.3 is 14.2 Å². The van der Waals surface area contributed by atoms with Gasteiger partial charge in [0.15, 0.2) is 6.10 Å². The van der Waals surface area contributed by atoms with Crippen molar-refractivity contribution < 1.29 is 28.6 Å². The Morgan fingerprint density at radius 2 is 0.559 bits per heavy atom. The molecule has 0 aromatic rings. The molecule has 0 aromatic carbocycles. The topological polar surface area (TPSA) is 78.9 Å². The summed E-state index contributed by atoms with van der Waals surface area (Å²) in [5.41, 5.74) is 0. The largest absolute Gasteiger partial charge is 0.462 e. The summed E-state index contributed by atoms with van der Waals surface area (Å²) in [5.74, 6) is 0.798. The van der Waals surface area contributed by atoms with Crippen molar-refractivity contribution in [3.63, 3.8) is 0 Å². The number of carbonyl (C=O) groups is 3. The summed E-state index contributed by atoms with van der Waals surface area (Å²) < 4.78 is 16.8. The lowest BCUT2D eigenvalue weighted by molar-refractivity contribution is -0.167. The highest BCUT2D eigenvalue weighted by molar-refractivity contribution is 5.71. The average Bonchev–Trinajstić information content (AvgIpc) is 3.20. The molecule has 0 aliphatic carbocycles. The fraction of sp³-hybridized carbons (Fsp3) is 0.943.